The maximum Gasteiger partial charge on any atom is 0.323 e. The summed E-state index contributed by atoms with van der Waals surface area (Å²) in [4.78, 5) is 22.9. The third-order valence-corrected chi connectivity index (χ3v) is 4.27. The predicted octanol–water partition coefficient (Wildman–Crippen LogP) is 0.338. The Hall–Kier alpha value is -2.09. The summed E-state index contributed by atoms with van der Waals surface area (Å²) in [5, 5.41) is 2.58. The summed E-state index contributed by atoms with van der Waals surface area (Å²) in [6.07, 6.45) is 0. The van der Waals surface area contributed by atoms with Crippen LogP contribution < -0.4 is 9.62 Å². The molecule has 108 valence electrons. The molecule has 0 radical (unpaired) electrons. The molecule has 0 atom stereocenters. The van der Waals surface area contributed by atoms with Gasteiger partial charge in [0.25, 0.3) is 0 Å². The molecule has 1 aliphatic rings. The Kier molecular flexibility index (Phi) is 3.93. The van der Waals surface area contributed by atoms with E-state index in [2.05, 4.69) is 10.1 Å². The normalized spacial score (nSPS) is 14.4. The van der Waals surface area contributed by atoms with Crippen LogP contribution in [0.25, 0.3) is 0 Å². The molecule has 1 amide bonds. The molecule has 20 heavy (non-hydrogen) atoms. The number of hydrogen-bond donors (Lipinski definition) is 1. The van der Waals surface area contributed by atoms with E-state index in [1.54, 1.807) is 31.2 Å². The molecule has 0 unspecified atom stereocenters. The summed E-state index contributed by atoms with van der Waals surface area (Å²) in [5.41, 5.74) is 0.743. The van der Waals surface area contributed by atoms with Gasteiger partial charge in [-0.2, -0.15) is 0 Å². The highest BCUT2D eigenvalue weighted by molar-refractivity contribution is 7.93. The number of para-hydroxylation sites is 2. The molecule has 0 bridgehead atoms. The molecular formula is C12H14N2O5S. The lowest BCUT2D eigenvalue weighted by molar-refractivity contribution is -0.140. The van der Waals surface area contributed by atoms with Crippen LogP contribution in [0.5, 0.6) is 0 Å². The van der Waals surface area contributed by atoms with Crippen LogP contribution in [-0.4, -0.2) is 39.2 Å². The number of fused-ring (bicyclic) bond motifs is 1. The third kappa shape index (κ3) is 2.90. The van der Waals surface area contributed by atoms with Gasteiger partial charge < -0.3 is 10.1 Å². The van der Waals surface area contributed by atoms with Gasteiger partial charge in [-0.25, -0.2) is 8.42 Å². The molecule has 0 fully saturated rings. The van der Waals surface area contributed by atoms with Crippen LogP contribution in [0.2, 0.25) is 0 Å². The van der Waals surface area contributed by atoms with Gasteiger partial charge in [0, 0.05) is 0 Å². The molecular weight excluding hydrogens is 284 g/mol. The minimum absolute atomic E-state index is 0.103. The van der Waals surface area contributed by atoms with E-state index in [0.717, 1.165) is 4.31 Å². The van der Waals surface area contributed by atoms with Crippen molar-refractivity contribution in [3.8, 4) is 0 Å². The Morgan fingerprint density at radius 3 is 2.80 bits per heavy atom. The molecule has 1 N–H and O–H groups in total. The number of rotatable bonds is 4. The van der Waals surface area contributed by atoms with Gasteiger partial charge in [-0.1, -0.05) is 12.1 Å². The SMILES string of the molecule is CCOC(=O)CS(=O)(=O)N1CC(=O)Nc2ccccc21. The summed E-state index contributed by atoms with van der Waals surface area (Å²) in [6, 6.07) is 6.50. The molecule has 0 aromatic heterocycles. The van der Waals surface area contributed by atoms with E-state index in [4.69, 9.17) is 0 Å². The molecule has 1 aromatic rings. The largest absolute Gasteiger partial charge is 0.465 e. The first kappa shape index (κ1) is 14.3. The smallest absolute Gasteiger partial charge is 0.323 e. The molecule has 1 aromatic carbocycles. The quantitative estimate of drug-likeness (QED) is 0.809. The van der Waals surface area contributed by atoms with E-state index in [9.17, 15) is 18.0 Å². The number of anilines is 2. The van der Waals surface area contributed by atoms with Gasteiger partial charge in [0.15, 0.2) is 5.75 Å². The van der Waals surface area contributed by atoms with Crippen LogP contribution in [0.1, 0.15) is 6.92 Å². The van der Waals surface area contributed by atoms with E-state index >= 15 is 0 Å². The van der Waals surface area contributed by atoms with Crippen molar-refractivity contribution in [2.75, 3.05) is 28.5 Å². The van der Waals surface area contributed by atoms with Crippen LogP contribution in [0.15, 0.2) is 24.3 Å². The van der Waals surface area contributed by atoms with Crippen LogP contribution in [-0.2, 0) is 24.3 Å². The molecule has 2 rings (SSSR count). The van der Waals surface area contributed by atoms with Crippen molar-refractivity contribution in [1.82, 2.24) is 0 Å². The zero-order valence-electron chi connectivity index (χ0n) is 10.8. The summed E-state index contributed by atoms with van der Waals surface area (Å²) in [6.45, 7) is 1.35. The number of carbonyl (C=O) groups is 2. The fourth-order valence-corrected chi connectivity index (χ4v) is 3.19. The summed E-state index contributed by atoms with van der Waals surface area (Å²) in [5.74, 6) is -2.07. The van der Waals surface area contributed by atoms with E-state index in [1.165, 1.54) is 0 Å². The molecule has 0 spiro atoms. The van der Waals surface area contributed by atoms with Crippen molar-refractivity contribution in [1.29, 1.82) is 0 Å². The molecule has 8 heteroatoms. The second-order valence-electron chi connectivity index (χ2n) is 4.13. The fourth-order valence-electron chi connectivity index (χ4n) is 1.88. The number of hydrogen-bond acceptors (Lipinski definition) is 5. The van der Waals surface area contributed by atoms with Gasteiger partial charge in [0.05, 0.1) is 18.0 Å². The Morgan fingerprint density at radius 1 is 1.40 bits per heavy atom. The van der Waals surface area contributed by atoms with Gasteiger partial charge >= 0.3 is 5.97 Å². The van der Waals surface area contributed by atoms with E-state index in [0.29, 0.717) is 11.4 Å². The second kappa shape index (κ2) is 5.49. The van der Waals surface area contributed by atoms with Gasteiger partial charge in [-0.15, -0.1) is 0 Å². The number of nitrogens with one attached hydrogen (secondary N) is 1. The van der Waals surface area contributed by atoms with E-state index < -0.39 is 27.7 Å². The number of esters is 1. The third-order valence-electron chi connectivity index (χ3n) is 2.68. The first-order valence-corrected chi connectivity index (χ1v) is 7.60. The number of benzene rings is 1. The van der Waals surface area contributed by atoms with Crippen molar-refractivity contribution in [3.63, 3.8) is 0 Å². The van der Waals surface area contributed by atoms with Gasteiger partial charge in [-0.3, -0.25) is 13.9 Å². The predicted molar refractivity (Wildman–Crippen MR) is 72.8 cm³/mol. The van der Waals surface area contributed by atoms with Gasteiger partial charge in [0.1, 0.15) is 6.54 Å². The molecule has 0 saturated heterocycles. The highest BCUT2D eigenvalue weighted by Crippen LogP contribution is 2.30. The standard InChI is InChI=1S/C12H14N2O5S/c1-2-19-12(16)8-20(17,18)14-7-11(15)13-9-5-3-4-6-10(9)14/h3-6H,2,7-8H2,1H3,(H,13,15). The first-order valence-electron chi connectivity index (χ1n) is 5.99. The van der Waals surface area contributed by atoms with E-state index in [1.807, 2.05) is 0 Å². The summed E-state index contributed by atoms with van der Waals surface area (Å²) in [7, 11) is -3.95. The van der Waals surface area contributed by atoms with Crippen molar-refractivity contribution < 1.29 is 22.7 Å². The Morgan fingerprint density at radius 2 is 2.10 bits per heavy atom. The number of amides is 1. The number of ether oxygens (including phenoxy) is 1. The number of carbonyl (C=O) groups excluding carboxylic acids is 2. The minimum Gasteiger partial charge on any atom is -0.465 e. The average Bonchev–Trinajstić information content (AvgIpc) is 2.37. The maximum atomic E-state index is 12.2. The highest BCUT2D eigenvalue weighted by atomic mass is 32.2. The van der Waals surface area contributed by atoms with Crippen molar-refractivity contribution >= 4 is 33.3 Å². The average molecular weight is 298 g/mol. The van der Waals surface area contributed by atoms with Crippen molar-refractivity contribution in [3.05, 3.63) is 24.3 Å². The number of nitrogens with zero attached hydrogens (tertiary/aromatic N) is 1. The molecule has 0 aliphatic carbocycles. The van der Waals surface area contributed by atoms with Crippen molar-refractivity contribution in [2.45, 2.75) is 6.92 Å². The Bertz CT molecular complexity index is 641. The molecule has 1 heterocycles. The van der Waals surface area contributed by atoms with Crippen LogP contribution >= 0.6 is 0 Å². The van der Waals surface area contributed by atoms with E-state index in [-0.39, 0.29) is 13.2 Å². The van der Waals surface area contributed by atoms with Crippen LogP contribution in [0.3, 0.4) is 0 Å². The topological polar surface area (TPSA) is 92.8 Å². The second-order valence-corrected chi connectivity index (χ2v) is 6.03. The van der Waals surface area contributed by atoms with Crippen molar-refractivity contribution in [2.24, 2.45) is 0 Å². The van der Waals surface area contributed by atoms with Gasteiger partial charge in [-0.05, 0) is 19.1 Å². The maximum absolute atomic E-state index is 12.2. The van der Waals surface area contributed by atoms with Crippen LogP contribution in [0, 0.1) is 0 Å². The monoisotopic (exact) mass is 298 g/mol. The summed E-state index contributed by atoms with van der Waals surface area (Å²) >= 11 is 0. The lowest BCUT2D eigenvalue weighted by Crippen LogP contribution is -2.44. The zero-order chi connectivity index (χ0) is 14.8. The Balaban J connectivity index is 2.32. The van der Waals surface area contributed by atoms with Crippen LogP contribution in [0.4, 0.5) is 11.4 Å². The highest BCUT2D eigenvalue weighted by Gasteiger charge is 2.32. The van der Waals surface area contributed by atoms with Gasteiger partial charge in [0.2, 0.25) is 15.9 Å². The summed E-state index contributed by atoms with van der Waals surface area (Å²) < 4.78 is 30.0. The lowest BCUT2D eigenvalue weighted by atomic mass is 10.2. The first-order chi connectivity index (χ1) is 9.44. The fraction of sp³-hybridized carbons (Fsp3) is 0.333. The molecule has 7 nitrogen and oxygen atoms in total. The minimum atomic E-state index is -3.95. The molecule has 0 saturated carbocycles. The Labute approximate surface area is 116 Å². The lowest BCUT2D eigenvalue weighted by Gasteiger charge is -2.29. The zero-order valence-corrected chi connectivity index (χ0v) is 11.6. The molecule has 1 aliphatic heterocycles. The number of sulfonamides is 1.